The number of sulfone groups is 1. The van der Waals surface area contributed by atoms with E-state index in [0.717, 1.165) is 11.7 Å². The predicted molar refractivity (Wildman–Crippen MR) is 126 cm³/mol. The van der Waals surface area contributed by atoms with Crippen LogP contribution in [0.25, 0.3) is 5.65 Å². The summed E-state index contributed by atoms with van der Waals surface area (Å²) in [5.41, 5.74) is 1.56. The van der Waals surface area contributed by atoms with Crippen LogP contribution in [0.2, 0.25) is 5.02 Å². The average molecular weight is 508 g/mol. The summed E-state index contributed by atoms with van der Waals surface area (Å²) < 4.78 is 43.6. The van der Waals surface area contributed by atoms with Crippen molar-refractivity contribution in [1.82, 2.24) is 19.7 Å². The first-order chi connectivity index (χ1) is 16.1. The molecule has 1 aromatic carbocycles. The molecule has 1 fully saturated rings. The third kappa shape index (κ3) is 5.21. The monoisotopic (exact) mass is 507 g/mol. The summed E-state index contributed by atoms with van der Waals surface area (Å²) in [5, 5.41) is 7.11. The van der Waals surface area contributed by atoms with Crippen LogP contribution >= 0.6 is 11.6 Å². The van der Waals surface area contributed by atoms with E-state index in [1.54, 1.807) is 25.3 Å². The maximum absolute atomic E-state index is 14.1. The van der Waals surface area contributed by atoms with Crippen LogP contribution in [0, 0.1) is 11.7 Å². The Balaban J connectivity index is 1.62. The first-order valence-electron chi connectivity index (χ1n) is 10.4. The maximum Gasteiger partial charge on any atom is 0.288 e. The largest absolute Gasteiger partial charge is 0.381 e. The molecule has 0 radical (unpaired) electrons. The van der Waals surface area contributed by atoms with Crippen LogP contribution in [0.4, 0.5) is 10.1 Å². The molecule has 1 saturated heterocycles. The molecule has 3 heterocycles. The number of nitrogens with zero attached hydrogens (tertiary/aromatic N) is 3. The molecule has 34 heavy (non-hydrogen) atoms. The van der Waals surface area contributed by atoms with Crippen molar-refractivity contribution in [1.29, 1.82) is 0 Å². The predicted octanol–water partition coefficient (Wildman–Crippen LogP) is 3.00. The first-order valence-corrected chi connectivity index (χ1v) is 12.8. The van der Waals surface area contributed by atoms with Crippen molar-refractivity contribution >= 4 is 38.7 Å². The molecule has 0 bridgehead atoms. The number of aromatic nitrogens is 3. The lowest BCUT2D eigenvalue weighted by Crippen LogP contribution is -2.37. The van der Waals surface area contributed by atoms with Gasteiger partial charge in [-0.3, -0.25) is 9.20 Å². The summed E-state index contributed by atoms with van der Waals surface area (Å²) in [6.45, 7) is 2.62. The highest BCUT2D eigenvalue weighted by Gasteiger charge is 2.32. The van der Waals surface area contributed by atoms with Crippen LogP contribution in [0.15, 0.2) is 48.3 Å². The molecule has 1 aliphatic rings. The fraction of sp³-hybridized carbons (Fsp3) is 0.318. The van der Waals surface area contributed by atoms with Gasteiger partial charge in [0, 0.05) is 36.0 Å². The molecule has 1 unspecified atom stereocenters. The Morgan fingerprint density at radius 2 is 2.12 bits per heavy atom. The Morgan fingerprint density at radius 3 is 2.79 bits per heavy atom. The number of rotatable bonds is 8. The van der Waals surface area contributed by atoms with E-state index in [2.05, 4.69) is 20.6 Å². The Morgan fingerprint density at radius 1 is 1.35 bits per heavy atom. The molecule has 180 valence electrons. The minimum Gasteiger partial charge on any atom is -0.381 e. The fourth-order valence-electron chi connectivity index (χ4n) is 3.59. The molecule has 1 aliphatic heterocycles. The van der Waals surface area contributed by atoms with Gasteiger partial charge < -0.3 is 15.4 Å². The molecule has 9 nitrogen and oxygen atoms in total. The van der Waals surface area contributed by atoms with E-state index in [-0.39, 0.29) is 22.8 Å². The van der Waals surface area contributed by atoms with Gasteiger partial charge in [-0.25, -0.2) is 22.8 Å². The Kier molecular flexibility index (Phi) is 6.87. The second-order valence-corrected chi connectivity index (χ2v) is 10.4. The lowest BCUT2D eigenvalue weighted by atomic mass is 9.91. The summed E-state index contributed by atoms with van der Waals surface area (Å²) in [6.07, 6.45) is 7.05. The normalized spacial score (nSPS) is 16.4. The standard InChI is InChI=1S/C22H23ClFN5O4S/c1-13(6-9-34(2,31)32)27-22(30)21-26-10-17(20-25-7-8-29(20)21)28-19(14-11-33-12-14)15-4-3-5-16(24)18(15)23/h3-10,13-14,19,28H,11-12H2,1-2H3,(H,27,30)/b9-6+/t13-,19?/m1/s1. The number of carbonyl (C=O) groups excluding carboxylic acids is 1. The summed E-state index contributed by atoms with van der Waals surface area (Å²) >= 11 is 6.26. The second kappa shape index (κ2) is 9.69. The van der Waals surface area contributed by atoms with Crippen LogP contribution in [0.1, 0.15) is 29.1 Å². The number of fused-ring (bicyclic) bond motifs is 1. The van der Waals surface area contributed by atoms with Crippen LogP contribution in [0.3, 0.4) is 0 Å². The topological polar surface area (TPSA) is 115 Å². The minimum absolute atomic E-state index is 0.0337. The van der Waals surface area contributed by atoms with Gasteiger partial charge in [-0.15, -0.1) is 0 Å². The van der Waals surface area contributed by atoms with Crippen molar-refractivity contribution in [2.45, 2.75) is 19.0 Å². The van der Waals surface area contributed by atoms with E-state index in [1.165, 1.54) is 28.9 Å². The number of hydrogen-bond donors (Lipinski definition) is 2. The van der Waals surface area contributed by atoms with Crippen LogP contribution in [-0.2, 0) is 14.6 Å². The van der Waals surface area contributed by atoms with Crippen LogP contribution in [0.5, 0.6) is 0 Å². The van der Waals surface area contributed by atoms with E-state index in [4.69, 9.17) is 16.3 Å². The molecule has 1 amide bonds. The van der Waals surface area contributed by atoms with E-state index >= 15 is 0 Å². The molecular weight excluding hydrogens is 485 g/mol. The zero-order valence-corrected chi connectivity index (χ0v) is 20.0. The molecular formula is C22H23ClFN5O4S. The lowest BCUT2D eigenvalue weighted by molar-refractivity contribution is -0.0410. The van der Waals surface area contributed by atoms with Gasteiger partial charge >= 0.3 is 0 Å². The van der Waals surface area contributed by atoms with Gasteiger partial charge in [0.2, 0.25) is 5.82 Å². The molecule has 0 spiro atoms. The SMILES string of the molecule is C[C@H](/C=C/S(C)(=O)=O)NC(=O)c1ncc(NC(c2cccc(F)c2Cl)C2COC2)c2nccn12. The lowest BCUT2D eigenvalue weighted by Gasteiger charge is -2.35. The zero-order chi connectivity index (χ0) is 24.5. The number of halogens is 2. The van der Waals surface area contributed by atoms with E-state index in [0.29, 0.717) is 30.1 Å². The van der Waals surface area contributed by atoms with Gasteiger partial charge in [-0.2, -0.15) is 0 Å². The molecule has 2 aromatic heterocycles. The van der Waals surface area contributed by atoms with Gasteiger partial charge in [-0.1, -0.05) is 29.8 Å². The van der Waals surface area contributed by atoms with E-state index < -0.39 is 27.6 Å². The highest BCUT2D eigenvalue weighted by molar-refractivity contribution is 7.93. The van der Waals surface area contributed by atoms with Gasteiger partial charge in [0.25, 0.3) is 5.91 Å². The Labute approximate surface area is 200 Å². The van der Waals surface area contributed by atoms with Gasteiger partial charge in [-0.05, 0) is 18.6 Å². The fourth-order valence-corrected chi connectivity index (χ4v) is 4.36. The molecule has 2 N–H and O–H groups in total. The van der Waals surface area contributed by atoms with Crippen LogP contribution < -0.4 is 10.6 Å². The molecule has 12 heteroatoms. The number of carbonyl (C=O) groups is 1. The van der Waals surface area contributed by atoms with Crippen molar-refractivity contribution in [3.8, 4) is 0 Å². The van der Waals surface area contributed by atoms with E-state index in [9.17, 15) is 17.6 Å². The third-order valence-corrected chi connectivity index (χ3v) is 6.42. The smallest absolute Gasteiger partial charge is 0.288 e. The minimum atomic E-state index is -3.31. The van der Waals surface area contributed by atoms with Gasteiger partial charge in [0.05, 0.1) is 36.2 Å². The first kappa shape index (κ1) is 24.1. The van der Waals surface area contributed by atoms with Gasteiger partial charge in [0.1, 0.15) is 5.82 Å². The van der Waals surface area contributed by atoms with Crippen molar-refractivity contribution in [3.05, 3.63) is 70.5 Å². The summed E-state index contributed by atoms with van der Waals surface area (Å²) in [7, 11) is -3.31. The summed E-state index contributed by atoms with van der Waals surface area (Å²) in [5.74, 6) is -0.886. The van der Waals surface area contributed by atoms with Crippen molar-refractivity contribution in [3.63, 3.8) is 0 Å². The zero-order valence-electron chi connectivity index (χ0n) is 18.4. The quantitative estimate of drug-likeness (QED) is 0.481. The number of anilines is 1. The number of ether oxygens (including phenoxy) is 1. The Bertz CT molecular complexity index is 1360. The van der Waals surface area contributed by atoms with Crippen LogP contribution in [-0.4, -0.2) is 54.2 Å². The van der Waals surface area contributed by atoms with E-state index in [1.807, 2.05) is 0 Å². The summed E-state index contributed by atoms with van der Waals surface area (Å²) in [4.78, 5) is 21.4. The number of nitrogens with one attached hydrogen (secondary N) is 2. The van der Waals surface area contributed by atoms with Crippen molar-refractivity contribution in [2.24, 2.45) is 5.92 Å². The summed E-state index contributed by atoms with van der Waals surface area (Å²) in [6, 6.07) is 3.75. The van der Waals surface area contributed by atoms with Crippen molar-refractivity contribution < 1.29 is 22.3 Å². The average Bonchev–Trinajstić information content (AvgIpc) is 3.22. The van der Waals surface area contributed by atoms with Gasteiger partial charge in [0.15, 0.2) is 15.5 Å². The number of hydrogen-bond acceptors (Lipinski definition) is 7. The number of benzene rings is 1. The highest BCUT2D eigenvalue weighted by Crippen LogP contribution is 2.36. The highest BCUT2D eigenvalue weighted by atomic mass is 35.5. The molecule has 2 atom stereocenters. The molecule has 4 rings (SSSR count). The number of imidazole rings is 1. The number of amides is 1. The molecule has 0 aliphatic carbocycles. The molecule has 0 saturated carbocycles. The molecule has 3 aromatic rings. The Hall–Kier alpha value is -3.02. The second-order valence-electron chi connectivity index (χ2n) is 8.10. The third-order valence-electron chi connectivity index (χ3n) is 5.36. The van der Waals surface area contributed by atoms with Crippen molar-refractivity contribution in [2.75, 3.05) is 24.8 Å². The maximum atomic E-state index is 14.1.